The Kier molecular flexibility index (Phi) is 4.81. The SMILES string of the molecule is NC(=O)[C@H]1CCCCN1C(=O)CSc1ccc2ccccc2n1. The van der Waals surface area contributed by atoms with Crippen molar-refractivity contribution < 1.29 is 9.59 Å². The summed E-state index contributed by atoms with van der Waals surface area (Å²) < 4.78 is 0. The quantitative estimate of drug-likeness (QED) is 0.873. The highest BCUT2D eigenvalue weighted by atomic mass is 32.2. The molecule has 2 N–H and O–H groups in total. The van der Waals surface area contributed by atoms with E-state index in [1.807, 2.05) is 36.4 Å². The van der Waals surface area contributed by atoms with Crippen LogP contribution in [-0.2, 0) is 9.59 Å². The maximum Gasteiger partial charge on any atom is 0.240 e. The van der Waals surface area contributed by atoms with E-state index in [0.717, 1.165) is 28.8 Å². The summed E-state index contributed by atoms with van der Waals surface area (Å²) in [4.78, 5) is 30.1. The topological polar surface area (TPSA) is 76.3 Å². The number of nitrogens with zero attached hydrogens (tertiary/aromatic N) is 2. The first-order valence-electron chi connectivity index (χ1n) is 7.72. The van der Waals surface area contributed by atoms with Gasteiger partial charge in [0, 0.05) is 11.9 Å². The van der Waals surface area contributed by atoms with Gasteiger partial charge in [0.15, 0.2) is 0 Å². The van der Waals surface area contributed by atoms with Gasteiger partial charge < -0.3 is 10.6 Å². The lowest BCUT2D eigenvalue weighted by Crippen LogP contribution is -2.51. The molecule has 2 amide bonds. The van der Waals surface area contributed by atoms with Crippen molar-refractivity contribution in [3.63, 3.8) is 0 Å². The smallest absolute Gasteiger partial charge is 0.240 e. The molecule has 2 aromatic rings. The second kappa shape index (κ2) is 7.00. The number of hydrogen-bond donors (Lipinski definition) is 1. The maximum absolute atomic E-state index is 12.4. The summed E-state index contributed by atoms with van der Waals surface area (Å²) in [5, 5.41) is 1.89. The first-order valence-corrected chi connectivity index (χ1v) is 8.71. The molecule has 1 aliphatic rings. The monoisotopic (exact) mass is 329 g/mol. The second-order valence-electron chi connectivity index (χ2n) is 5.63. The van der Waals surface area contributed by atoms with E-state index in [4.69, 9.17) is 5.73 Å². The van der Waals surface area contributed by atoms with Gasteiger partial charge in [0.05, 0.1) is 16.3 Å². The minimum Gasteiger partial charge on any atom is -0.368 e. The molecule has 0 saturated carbocycles. The summed E-state index contributed by atoms with van der Waals surface area (Å²) >= 11 is 1.40. The fourth-order valence-electron chi connectivity index (χ4n) is 2.87. The third-order valence-electron chi connectivity index (χ3n) is 4.07. The lowest BCUT2D eigenvalue weighted by molar-refractivity contribution is -0.138. The van der Waals surface area contributed by atoms with E-state index in [1.54, 1.807) is 4.90 Å². The molecule has 5 nitrogen and oxygen atoms in total. The number of hydrogen-bond acceptors (Lipinski definition) is 4. The Hall–Kier alpha value is -2.08. The van der Waals surface area contributed by atoms with Crippen LogP contribution in [0.2, 0.25) is 0 Å². The van der Waals surface area contributed by atoms with E-state index >= 15 is 0 Å². The average Bonchev–Trinajstić information content (AvgIpc) is 2.59. The van der Waals surface area contributed by atoms with E-state index in [2.05, 4.69) is 4.98 Å². The van der Waals surface area contributed by atoms with Gasteiger partial charge in [-0.2, -0.15) is 0 Å². The number of pyridine rings is 1. The minimum atomic E-state index is -0.457. The zero-order valence-corrected chi connectivity index (χ0v) is 13.6. The number of nitrogens with two attached hydrogens (primary N) is 1. The molecule has 0 spiro atoms. The lowest BCUT2D eigenvalue weighted by Gasteiger charge is -2.33. The Morgan fingerprint density at radius 2 is 2.04 bits per heavy atom. The van der Waals surface area contributed by atoms with Crippen LogP contribution in [0.3, 0.4) is 0 Å². The van der Waals surface area contributed by atoms with Crippen LogP contribution in [0, 0.1) is 0 Å². The predicted octanol–water partition coefficient (Wildman–Crippen LogP) is 2.19. The van der Waals surface area contributed by atoms with E-state index in [0.29, 0.717) is 13.0 Å². The molecule has 23 heavy (non-hydrogen) atoms. The number of fused-ring (bicyclic) bond motifs is 1. The maximum atomic E-state index is 12.4. The van der Waals surface area contributed by atoms with Gasteiger partial charge in [-0.3, -0.25) is 9.59 Å². The first kappa shape index (κ1) is 15.8. The van der Waals surface area contributed by atoms with Gasteiger partial charge in [0.2, 0.25) is 11.8 Å². The van der Waals surface area contributed by atoms with Crippen LogP contribution in [0.1, 0.15) is 19.3 Å². The molecule has 1 aromatic heterocycles. The number of benzene rings is 1. The molecule has 1 atom stereocenters. The van der Waals surface area contributed by atoms with Gasteiger partial charge in [0.25, 0.3) is 0 Å². The van der Waals surface area contributed by atoms with Crippen LogP contribution in [-0.4, -0.2) is 40.0 Å². The fourth-order valence-corrected chi connectivity index (χ4v) is 3.64. The Morgan fingerprint density at radius 1 is 1.22 bits per heavy atom. The Bertz CT molecular complexity index is 735. The summed E-state index contributed by atoms with van der Waals surface area (Å²) in [6.07, 6.45) is 2.53. The standard InChI is InChI=1S/C17H19N3O2S/c18-17(22)14-7-3-4-10-20(14)16(21)11-23-15-9-8-12-5-1-2-6-13(12)19-15/h1-2,5-6,8-9,14H,3-4,7,10-11H2,(H2,18,22)/t14-/m1/s1. The lowest BCUT2D eigenvalue weighted by atomic mass is 10.0. The van der Waals surface area contributed by atoms with Crippen molar-refractivity contribution in [2.45, 2.75) is 30.3 Å². The zero-order valence-electron chi connectivity index (χ0n) is 12.8. The van der Waals surface area contributed by atoms with Crippen LogP contribution in [0.15, 0.2) is 41.4 Å². The number of amides is 2. The van der Waals surface area contributed by atoms with Crippen LogP contribution in [0.5, 0.6) is 0 Å². The van der Waals surface area contributed by atoms with E-state index in [9.17, 15) is 9.59 Å². The van der Waals surface area contributed by atoms with Gasteiger partial charge in [-0.05, 0) is 31.4 Å². The molecule has 2 heterocycles. The molecule has 0 radical (unpaired) electrons. The number of primary amides is 1. The van der Waals surface area contributed by atoms with Crippen molar-refractivity contribution in [2.75, 3.05) is 12.3 Å². The van der Waals surface area contributed by atoms with Gasteiger partial charge in [-0.1, -0.05) is 36.0 Å². The number of para-hydroxylation sites is 1. The molecule has 1 saturated heterocycles. The third-order valence-corrected chi connectivity index (χ3v) is 4.98. The predicted molar refractivity (Wildman–Crippen MR) is 91.0 cm³/mol. The van der Waals surface area contributed by atoms with Crippen LogP contribution in [0.25, 0.3) is 10.9 Å². The van der Waals surface area contributed by atoms with Gasteiger partial charge in [0.1, 0.15) is 6.04 Å². The molecule has 0 bridgehead atoms. The first-order chi connectivity index (χ1) is 11.1. The molecule has 1 fully saturated rings. The number of aromatic nitrogens is 1. The van der Waals surface area contributed by atoms with Crippen molar-refractivity contribution >= 4 is 34.5 Å². The van der Waals surface area contributed by atoms with Crippen molar-refractivity contribution in [3.05, 3.63) is 36.4 Å². The van der Waals surface area contributed by atoms with Crippen LogP contribution < -0.4 is 5.73 Å². The number of piperidine rings is 1. The van der Waals surface area contributed by atoms with Gasteiger partial charge in [-0.25, -0.2) is 4.98 Å². The number of carbonyl (C=O) groups is 2. The Balaban J connectivity index is 1.66. The highest BCUT2D eigenvalue weighted by Crippen LogP contribution is 2.22. The van der Waals surface area contributed by atoms with E-state index in [1.165, 1.54) is 11.8 Å². The van der Waals surface area contributed by atoms with Crippen molar-refractivity contribution in [2.24, 2.45) is 5.73 Å². The molecular formula is C17H19N3O2S. The number of carbonyl (C=O) groups excluding carboxylic acids is 2. The number of thioether (sulfide) groups is 1. The summed E-state index contributed by atoms with van der Waals surface area (Å²) in [5.74, 6) is -0.185. The molecule has 1 aliphatic heterocycles. The molecule has 6 heteroatoms. The minimum absolute atomic E-state index is 0.0477. The van der Waals surface area contributed by atoms with Gasteiger partial charge in [-0.15, -0.1) is 0 Å². The number of rotatable bonds is 4. The summed E-state index contributed by atoms with van der Waals surface area (Å²) in [5.41, 5.74) is 6.33. The fraction of sp³-hybridized carbons (Fsp3) is 0.353. The molecule has 0 aliphatic carbocycles. The van der Waals surface area contributed by atoms with Crippen molar-refractivity contribution in [1.29, 1.82) is 0 Å². The average molecular weight is 329 g/mol. The zero-order chi connectivity index (χ0) is 16.2. The summed E-state index contributed by atoms with van der Waals surface area (Å²) in [7, 11) is 0. The second-order valence-corrected chi connectivity index (χ2v) is 6.63. The molecule has 0 unspecified atom stereocenters. The highest BCUT2D eigenvalue weighted by Gasteiger charge is 2.30. The van der Waals surface area contributed by atoms with Gasteiger partial charge >= 0.3 is 0 Å². The van der Waals surface area contributed by atoms with Crippen molar-refractivity contribution in [1.82, 2.24) is 9.88 Å². The molecule has 1 aromatic carbocycles. The Labute approximate surface area is 139 Å². The molecule has 120 valence electrons. The van der Waals surface area contributed by atoms with Crippen LogP contribution in [0.4, 0.5) is 0 Å². The van der Waals surface area contributed by atoms with Crippen LogP contribution >= 0.6 is 11.8 Å². The molecular weight excluding hydrogens is 310 g/mol. The van der Waals surface area contributed by atoms with E-state index < -0.39 is 11.9 Å². The normalized spacial score (nSPS) is 18.1. The van der Waals surface area contributed by atoms with Crippen molar-refractivity contribution in [3.8, 4) is 0 Å². The summed E-state index contributed by atoms with van der Waals surface area (Å²) in [6.45, 7) is 0.609. The Morgan fingerprint density at radius 3 is 2.87 bits per heavy atom. The summed E-state index contributed by atoms with van der Waals surface area (Å²) in [6, 6.07) is 11.3. The largest absolute Gasteiger partial charge is 0.368 e. The highest BCUT2D eigenvalue weighted by molar-refractivity contribution is 7.99. The molecule has 3 rings (SSSR count). The third kappa shape index (κ3) is 3.64. The van der Waals surface area contributed by atoms with E-state index in [-0.39, 0.29) is 11.7 Å². The number of likely N-dealkylation sites (tertiary alicyclic amines) is 1.